The highest BCUT2D eigenvalue weighted by atomic mass is 19.2. The Hall–Kier alpha value is -0.220. The number of hydrogen-bond donors (Lipinski definition) is 2. The Bertz CT molecular complexity index is 85.8. The largest absolute Gasteiger partial charge is 0.320 e. The average molecular weight is 152 g/mol. The fourth-order valence-electron chi connectivity index (χ4n) is 0.626. The number of halogens is 2. The van der Waals surface area contributed by atoms with Crippen LogP contribution in [0.5, 0.6) is 0 Å². The summed E-state index contributed by atoms with van der Waals surface area (Å²) in [6, 6.07) is 0. The van der Waals surface area contributed by atoms with E-state index in [0.717, 1.165) is 0 Å². The van der Waals surface area contributed by atoms with Crippen LogP contribution in [0.15, 0.2) is 0 Å². The van der Waals surface area contributed by atoms with Gasteiger partial charge in [-0.15, -0.1) is 0 Å². The summed E-state index contributed by atoms with van der Waals surface area (Å²) in [5.41, 5.74) is 4.89. The molecule has 2 nitrogen and oxygen atoms in total. The van der Waals surface area contributed by atoms with Gasteiger partial charge in [0.25, 0.3) is 0 Å². The van der Waals surface area contributed by atoms with Gasteiger partial charge >= 0.3 is 0 Å². The monoisotopic (exact) mass is 152 g/mol. The number of nitrogens with one attached hydrogen (secondary N) is 1. The molecule has 0 amide bonds. The van der Waals surface area contributed by atoms with Crippen molar-refractivity contribution in [1.29, 1.82) is 0 Å². The second-order valence-corrected chi connectivity index (χ2v) is 2.38. The smallest absolute Gasteiger partial charge is 0.187 e. The van der Waals surface area contributed by atoms with Crippen molar-refractivity contribution in [2.45, 2.75) is 18.6 Å². The second-order valence-electron chi connectivity index (χ2n) is 2.38. The molecule has 0 heterocycles. The summed E-state index contributed by atoms with van der Waals surface area (Å²) in [6.45, 7) is -0.431. The van der Waals surface area contributed by atoms with Crippen molar-refractivity contribution in [2.24, 2.45) is 5.73 Å². The quantitative estimate of drug-likeness (QED) is 0.446. The molecule has 0 fully saturated rings. The van der Waals surface area contributed by atoms with Crippen LogP contribution < -0.4 is 11.1 Å². The summed E-state index contributed by atoms with van der Waals surface area (Å²) in [5, 5.41) is 2.82. The van der Waals surface area contributed by atoms with Gasteiger partial charge in [-0.05, 0) is 26.4 Å². The van der Waals surface area contributed by atoms with Crippen molar-refractivity contribution in [3.8, 4) is 0 Å². The standard InChI is InChI=1S/C6H14F2N2/c1-10-4-2-3-6(8,9)5-7/h10H,2-5,9H2,1H3. The van der Waals surface area contributed by atoms with Crippen molar-refractivity contribution >= 4 is 0 Å². The Morgan fingerprint density at radius 3 is 2.60 bits per heavy atom. The first kappa shape index (κ1) is 9.78. The van der Waals surface area contributed by atoms with Crippen LogP contribution in [0.1, 0.15) is 12.8 Å². The minimum atomic E-state index is -2.11. The Kier molecular flexibility index (Phi) is 4.47. The summed E-state index contributed by atoms with van der Waals surface area (Å²) in [5.74, 6) is -2.11. The Morgan fingerprint density at radius 1 is 1.60 bits per heavy atom. The van der Waals surface area contributed by atoms with E-state index in [2.05, 4.69) is 5.32 Å². The van der Waals surface area contributed by atoms with Gasteiger partial charge < -0.3 is 5.32 Å². The third-order valence-corrected chi connectivity index (χ3v) is 1.24. The molecule has 0 radical (unpaired) electrons. The molecular formula is C6H14F2N2. The molecule has 0 aliphatic carbocycles. The maximum Gasteiger partial charge on any atom is 0.187 e. The van der Waals surface area contributed by atoms with Crippen LogP contribution in [0.2, 0.25) is 0 Å². The normalized spacial score (nSPS) is 16.8. The van der Waals surface area contributed by atoms with Gasteiger partial charge in [-0.3, -0.25) is 5.73 Å². The molecule has 0 aliphatic heterocycles. The lowest BCUT2D eigenvalue weighted by atomic mass is 10.1. The van der Waals surface area contributed by atoms with Crippen molar-refractivity contribution in [3.63, 3.8) is 0 Å². The van der Waals surface area contributed by atoms with Crippen LogP contribution in [0.4, 0.5) is 8.78 Å². The van der Waals surface area contributed by atoms with Gasteiger partial charge in [-0.25, -0.2) is 8.78 Å². The topological polar surface area (TPSA) is 38.0 Å². The molecule has 0 saturated heterocycles. The second kappa shape index (κ2) is 4.57. The van der Waals surface area contributed by atoms with Gasteiger partial charge in [0.1, 0.15) is 6.67 Å². The van der Waals surface area contributed by atoms with Crippen LogP contribution in [0, 0.1) is 0 Å². The lowest BCUT2D eigenvalue weighted by Crippen LogP contribution is -2.37. The predicted molar refractivity (Wildman–Crippen MR) is 37.2 cm³/mol. The van der Waals surface area contributed by atoms with Crippen LogP contribution >= 0.6 is 0 Å². The summed E-state index contributed by atoms with van der Waals surface area (Å²) >= 11 is 0. The molecule has 0 rings (SSSR count). The van der Waals surface area contributed by atoms with Crippen LogP contribution in [-0.2, 0) is 0 Å². The SMILES string of the molecule is CNCCCC(N)(F)CF. The highest BCUT2D eigenvalue weighted by Gasteiger charge is 2.22. The van der Waals surface area contributed by atoms with Gasteiger partial charge in [0.15, 0.2) is 5.79 Å². The van der Waals surface area contributed by atoms with Crippen LogP contribution in [-0.4, -0.2) is 26.1 Å². The fourth-order valence-corrected chi connectivity index (χ4v) is 0.626. The molecule has 0 aromatic carbocycles. The number of nitrogens with two attached hydrogens (primary N) is 1. The number of hydrogen-bond acceptors (Lipinski definition) is 2. The highest BCUT2D eigenvalue weighted by Crippen LogP contribution is 2.10. The molecule has 0 aromatic heterocycles. The molecular weight excluding hydrogens is 138 g/mol. The molecule has 0 spiro atoms. The molecule has 0 bridgehead atoms. The lowest BCUT2D eigenvalue weighted by molar-refractivity contribution is 0.114. The van der Waals surface area contributed by atoms with E-state index in [4.69, 9.17) is 5.73 Å². The Morgan fingerprint density at radius 2 is 2.20 bits per heavy atom. The minimum Gasteiger partial charge on any atom is -0.320 e. The van der Waals surface area contributed by atoms with Gasteiger partial charge in [0, 0.05) is 0 Å². The zero-order valence-electron chi connectivity index (χ0n) is 6.16. The summed E-state index contributed by atoms with van der Waals surface area (Å²) in [7, 11) is 1.76. The summed E-state index contributed by atoms with van der Waals surface area (Å²) < 4.78 is 24.2. The minimum absolute atomic E-state index is 0.0737. The van der Waals surface area contributed by atoms with Gasteiger partial charge in [0.2, 0.25) is 0 Å². The third-order valence-electron chi connectivity index (χ3n) is 1.24. The van der Waals surface area contributed by atoms with E-state index >= 15 is 0 Å². The first-order chi connectivity index (χ1) is 4.62. The van der Waals surface area contributed by atoms with Crippen LogP contribution in [0.25, 0.3) is 0 Å². The number of rotatable bonds is 5. The molecule has 0 aliphatic rings. The summed E-state index contributed by atoms with van der Waals surface area (Å²) in [6.07, 6.45) is 0.637. The van der Waals surface area contributed by atoms with Crippen molar-refractivity contribution in [3.05, 3.63) is 0 Å². The molecule has 3 N–H and O–H groups in total. The molecule has 1 unspecified atom stereocenters. The average Bonchev–Trinajstić information content (AvgIpc) is 1.89. The van der Waals surface area contributed by atoms with E-state index in [-0.39, 0.29) is 6.42 Å². The molecule has 10 heavy (non-hydrogen) atoms. The van der Waals surface area contributed by atoms with E-state index in [1.54, 1.807) is 7.05 Å². The molecule has 62 valence electrons. The lowest BCUT2D eigenvalue weighted by Gasteiger charge is -2.14. The first-order valence-corrected chi connectivity index (χ1v) is 3.31. The Labute approximate surface area is 59.8 Å². The zero-order chi connectivity index (χ0) is 8.04. The maximum absolute atomic E-state index is 12.5. The fraction of sp³-hybridized carbons (Fsp3) is 1.00. The van der Waals surface area contributed by atoms with Gasteiger partial charge in [0.05, 0.1) is 0 Å². The van der Waals surface area contributed by atoms with Crippen molar-refractivity contribution in [2.75, 3.05) is 20.3 Å². The highest BCUT2D eigenvalue weighted by molar-refractivity contribution is 4.69. The first-order valence-electron chi connectivity index (χ1n) is 3.31. The zero-order valence-corrected chi connectivity index (χ0v) is 6.16. The van der Waals surface area contributed by atoms with Crippen molar-refractivity contribution < 1.29 is 8.78 Å². The van der Waals surface area contributed by atoms with E-state index in [1.807, 2.05) is 0 Å². The molecule has 0 saturated carbocycles. The van der Waals surface area contributed by atoms with E-state index in [9.17, 15) is 8.78 Å². The molecule has 1 atom stereocenters. The number of alkyl halides is 2. The van der Waals surface area contributed by atoms with E-state index in [0.29, 0.717) is 13.0 Å². The van der Waals surface area contributed by atoms with Crippen molar-refractivity contribution in [1.82, 2.24) is 5.32 Å². The van der Waals surface area contributed by atoms with Crippen LogP contribution in [0.3, 0.4) is 0 Å². The van der Waals surface area contributed by atoms with E-state index in [1.165, 1.54) is 0 Å². The third kappa shape index (κ3) is 4.64. The predicted octanol–water partition coefficient (Wildman–Crippen LogP) is 0.580. The Balaban J connectivity index is 3.28. The van der Waals surface area contributed by atoms with E-state index < -0.39 is 12.5 Å². The van der Waals surface area contributed by atoms with Gasteiger partial charge in [-0.1, -0.05) is 0 Å². The van der Waals surface area contributed by atoms with Gasteiger partial charge in [-0.2, -0.15) is 0 Å². The molecule has 4 heteroatoms. The summed E-state index contributed by atoms with van der Waals surface area (Å²) in [4.78, 5) is 0. The molecule has 0 aromatic rings. The maximum atomic E-state index is 12.5.